The second-order valence-electron chi connectivity index (χ2n) is 6.38. The van der Waals surface area contributed by atoms with Crippen LogP contribution in [0.2, 0.25) is 0 Å². The first-order valence-electron chi connectivity index (χ1n) is 8.49. The van der Waals surface area contributed by atoms with Crippen LogP contribution in [0, 0.1) is 6.92 Å². The highest BCUT2D eigenvalue weighted by Gasteiger charge is 2.21. The lowest BCUT2D eigenvalue weighted by atomic mass is 10.1. The van der Waals surface area contributed by atoms with Gasteiger partial charge in [0, 0.05) is 10.9 Å². The van der Waals surface area contributed by atoms with E-state index in [1.54, 1.807) is 28.1 Å². The van der Waals surface area contributed by atoms with E-state index in [0.29, 0.717) is 6.04 Å². The summed E-state index contributed by atoms with van der Waals surface area (Å²) < 4.78 is 1.79. The maximum absolute atomic E-state index is 11.6. The van der Waals surface area contributed by atoms with E-state index in [4.69, 9.17) is 10.7 Å². The van der Waals surface area contributed by atoms with Crippen LogP contribution in [-0.2, 0) is 0 Å². The standard InChI is InChI=1S/C19H18N4O2S2/c1-11-6-7-26-17(11)9-21-23-15(10-27-19(23)22-13-3-4-13)12-2-5-16(24)14(8-12)18(20)25/h2,5-10,13,24H,3-4H2,1H3,(H2,20,25)/b21-9+,22-19?. The Morgan fingerprint density at radius 3 is 2.81 bits per heavy atom. The zero-order chi connectivity index (χ0) is 19.0. The minimum Gasteiger partial charge on any atom is -0.507 e. The predicted molar refractivity (Wildman–Crippen MR) is 109 cm³/mol. The van der Waals surface area contributed by atoms with Gasteiger partial charge in [0.2, 0.25) is 4.80 Å². The molecule has 27 heavy (non-hydrogen) atoms. The maximum Gasteiger partial charge on any atom is 0.252 e. The molecule has 138 valence electrons. The number of rotatable bonds is 5. The fraction of sp³-hybridized carbons (Fsp3) is 0.211. The van der Waals surface area contributed by atoms with Crippen molar-refractivity contribution >= 4 is 34.8 Å². The molecule has 0 atom stereocenters. The maximum atomic E-state index is 11.6. The average molecular weight is 399 g/mol. The molecule has 1 aliphatic carbocycles. The molecule has 0 aliphatic heterocycles. The number of hydrogen-bond acceptors (Lipinski definition) is 6. The van der Waals surface area contributed by atoms with Crippen LogP contribution in [0.15, 0.2) is 45.1 Å². The van der Waals surface area contributed by atoms with Crippen LogP contribution in [0.4, 0.5) is 0 Å². The van der Waals surface area contributed by atoms with E-state index in [9.17, 15) is 9.90 Å². The first-order valence-corrected chi connectivity index (χ1v) is 10.2. The van der Waals surface area contributed by atoms with Crippen molar-refractivity contribution in [3.05, 3.63) is 55.8 Å². The summed E-state index contributed by atoms with van der Waals surface area (Å²) in [4.78, 5) is 18.2. The molecule has 4 rings (SSSR count). The summed E-state index contributed by atoms with van der Waals surface area (Å²) in [5, 5.41) is 18.5. The molecule has 0 unspecified atom stereocenters. The van der Waals surface area contributed by atoms with Gasteiger partial charge >= 0.3 is 0 Å². The third-order valence-corrected chi connectivity index (χ3v) is 6.06. The van der Waals surface area contributed by atoms with E-state index in [0.717, 1.165) is 33.8 Å². The Bertz CT molecular complexity index is 1100. The monoisotopic (exact) mass is 398 g/mol. The van der Waals surface area contributed by atoms with Crippen molar-refractivity contribution in [1.82, 2.24) is 4.68 Å². The second-order valence-corrected chi connectivity index (χ2v) is 8.17. The van der Waals surface area contributed by atoms with Gasteiger partial charge < -0.3 is 10.8 Å². The molecule has 8 heteroatoms. The number of benzene rings is 1. The minimum atomic E-state index is -0.670. The van der Waals surface area contributed by atoms with Gasteiger partial charge in [-0.2, -0.15) is 5.10 Å². The van der Waals surface area contributed by atoms with Crippen molar-refractivity contribution in [3.8, 4) is 17.0 Å². The second kappa shape index (κ2) is 7.13. The molecule has 0 radical (unpaired) electrons. The molecule has 0 spiro atoms. The number of phenols is 1. The number of aromatic hydroxyl groups is 1. The molecular weight excluding hydrogens is 380 g/mol. The third kappa shape index (κ3) is 3.72. The van der Waals surface area contributed by atoms with E-state index < -0.39 is 5.91 Å². The van der Waals surface area contributed by atoms with Crippen molar-refractivity contribution in [3.63, 3.8) is 0 Å². The number of hydrogen-bond donors (Lipinski definition) is 2. The van der Waals surface area contributed by atoms with Gasteiger partial charge in [-0.05, 0) is 55.0 Å². The quantitative estimate of drug-likeness (QED) is 0.645. The topological polar surface area (TPSA) is 93.0 Å². The van der Waals surface area contributed by atoms with Crippen molar-refractivity contribution in [2.24, 2.45) is 15.8 Å². The van der Waals surface area contributed by atoms with E-state index in [2.05, 4.69) is 11.2 Å². The van der Waals surface area contributed by atoms with Crippen LogP contribution in [0.1, 0.15) is 33.6 Å². The Balaban J connectivity index is 1.83. The summed E-state index contributed by atoms with van der Waals surface area (Å²) in [5.41, 5.74) is 8.17. The molecule has 1 fully saturated rings. The van der Waals surface area contributed by atoms with Gasteiger partial charge in [0.1, 0.15) is 5.75 Å². The molecule has 3 N–H and O–H groups in total. The van der Waals surface area contributed by atoms with Crippen LogP contribution in [0.5, 0.6) is 5.75 Å². The number of nitrogens with zero attached hydrogens (tertiary/aromatic N) is 3. The van der Waals surface area contributed by atoms with Gasteiger partial charge in [0.05, 0.1) is 28.4 Å². The molecule has 0 saturated heterocycles. The van der Waals surface area contributed by atoms with E-state index in [1.807, 2.05) is 23.9 Å². The number of thiophene rings is 1. The van der Waals surface area contributed by atoms with Crippen molar-refractivity contribution in [1.29, 1.82) is 0 Å². The number of primary amides is 1. The number of carbonyl (C=O) groups excluding carboxylic acids is 1. The summed E-state index contributed by atoms with van der Waals surface area (Å²) in [6, 6.07) is 7.22. The molecule has 1 aliphatic rings. The van der Waals surface area contributed by atoms with E-state index in [-0.39, 0.29) is 11.3 Å². The zero-order valence-electron chi connectivity index (χ0n) is 14.6. The van der Waals surface area contributed by atoms with E-state index in [1.165, 1.54) is 23.0 Å². The number of carbonyl (C=O) groups is 1. The zero-order valence-corrected chi connectivity index (χ0v) is 16.3. The molecule has 2 heterocycles. The number of nitrogens with two attached hydrogens (primary N) is 1. The molecule has 6 nitrogen and oxygen atoms in total. The fourth-order valence-electron chi connectivity index (χ4n) is 2.58. The van der Waals surface area contributed by atoms with Crippen LogP contribution in [-0.4, -0.2) is 27.9 Å². The highest BCUT2D eigenvalue weighted by molar-refractivity contribution is 7.11. The normalized spacial score (nSPS) is 14.9. The molecule has 1 amide bonds. The van der Waals surface area contributed by atoms with Crippen LogP contribution < -0.4 is 10.5 Å². The summed E-state index contributed by atoms with van der Waals surface area (Å²) in [5.74, 6) is -0.801. The fourth-order valence-corrected chi connectivity index (χ4v) is 4.27. The van der Waals surface area contributed by atoms with Crippen LogP contribution in [0.3, 0.4) is 0 Å². The lowest BCUT2D eigenvalue weighted by Crippen LogP contribution is -2.14. The van der Waals surface area contributed by atoms with Gasteiger partial charge in [0.15, 0.2) is 0 Å². The van der Waals surface area contributed by atoms with Gasteiger partial charge in [0.25, 0.3) is 5.91 Å². The summed E-state index contributed by atoms with van der Waals surface area (Å²) in [7, 11) is 0. The summed E-state index contributed by atoms with van der Waals surface area (Å²) in [6.07, 6.45) is 4.04. The number of aromatic nitrogens is 1. The van der Waals surface area contributed by atoms with E-state index >= 15 is 0 Å². The average Bonchev–Trinajstić information content (AvgIpc) is 3.23. The SMILES string of the molecule is Cc1ccsc1/C=N/n1c(-c2ccc(O)c(C(N)=O)c2)csc1=NC1CC1. The predicted octanol–water partition coefficient (Wildman–Crippen LogP) is 3.34. The Hall–Kier alpha value is -2.71. The van der Waals surface area contributed by atoms with Crippen molar-refractivity contribution in [2.45, 2.75) is 25.8 Å². The molecule has 2 aromatic heterocycles. The van der Waals surface area contributed by atoms with Crippen molar-refractivity contribution < 1.29 is 9.90 Å². The Kier molecular flexibility index (Phi) is 4.67. The number of thiazole rings is 1. The molecule has 3 aromatic rings. The van der Waals surface area contributed by atoms with Crippen LogP contribution >= 0.6 is 22.7 Å². The largest absolute Gasteiger partial charge is 0.507 e. The molecular formula is C19H18N4O2S2. The first kappa shape index (κ1) is 17.7. The highest BCUT2D eigenvalue weighted by atomic mass is 32.1. The van der Waals surface area contributed by atoms with Gasteiger partial charge in [-0.15, -0.1) is 22.7 Å². The van der Waals surface area contributed by atoms with Gasteiger partial charge in [-0.3, -0.25) is 9.79 Å². The Morgan fingerprint density at radius 1 is 1.33 bits per heavy atom. The third-order valence-electron chi connectivity index (χ3n) is 4.28. The molecule has 1 aromatic carbocycles. The van der Waals surface area contributed by atoms with Crippen molar-refractivity contribution in [2.75, 3.05) is 0 Å². The minimum absolute atomic E-state index is 0.0870. The lowest BCUT2D eigenvalue weighted by molar-refractivity contribution is 0.0998. The van der Waals surface area contributed by atoms with Gasteiger partial charge in [-0.25, -0.2) is 4.68 Å². The molecule has 1 saturated carbocycles. The van der Waals surface area contributed by atoms with Crippen LogP contribution in [0.25, 0.3) is 11.3 Å². The summed E-state index contributed by atoms with van der Waals surface area (Å²) >= 11 is 3.14. The number of amides is 1. The number of aryl methyl sites for hydroxylation is 1. The first-order chi connectivity index (χ1) is 13.0. The van der Waals surface area contributed by atoms with Gasteiger partial charge in [-0.1, -0.05) is 0 Å². The molecule has 0 bridgehead atoms. The lowest BCUT2D eigenvalue weighted by Gasteiger charge is -2.06. The smallest absolute Gasteiger partial charge is 0.252 e. The Labute approximate surface area is 163 Å². The highest BCUT2D eigenvalue weighted by Crippen LogP contribution is 2.27. The summed E-state index contributed by atoms with van der Waals surface area (Å²) in [6.45, 7) is 2.05. The Morgan fingerprint density at radius 2 is 2.15 bits per heavy atom.